The molecule has 1 aromatic carbocycles. The second kappa shape index (κ2) is 6.30. The smallest absolute Gasteiger partial charge is 0.333 e. The average molecular weight is 297 g/mol. The lowest BCUT2D eigenvalue weighted by Crippen LogP contribution is -2.21. The molecule has 0 amide bonds. The molecule has 2 rings (SSSR count). The van der Waals surface area contributed by atoms with E-state index in [1.165, 1.54) is 6.07 Å². The van der Waals surface area contributed by atoms with Gasteiger partial charge in [-0.05, 0) is 24.1 Å². The second-order valence-electron chi connectivity index (χ2n) is 5.11. The SMILES string of the molecule is CCC(N)Cc1cn(Cc2cccc(C(F)(F)F)c2)cn1. The topological polar surface area (TPSA) is 43.8 Å². The number of nitrogens with two attached hydrogens (primary N) is 1. The number of aromatic nitrogens is 2. The van der Waals surface area contributed by atoms with E-state index in [2.05, 4.69) is 4.98 Å². The van der Waals surface area contributed by atoms with Crippen LogP contribution in [-0.4, -0.2) is 15.6 Å². The van der Waals surface area contributed by atoms with Crippen molar-refractivity contribution in [1.29, 1.82) is 0 Å². The van der Waals surface area contributed by atoms with Crippen LogP contribution in [0.25, 0.3) is 0 Å². The Balaban J connectivity index is 2.08. The summed E-state index contributed by atoms with van der Waals surface area (Å²) < 4.78 is 39.8. The highest BCUT2D eigenvalue weighted by Gasteiger charge is 2.30. The number of alkyl halides is 3. The Morgan fingerprint density at radius 2 is 2.10 bits per heavy atom. The van der Waals surface area contributed by atoms with E-state index in [0.29, 0.717) is 18.5 Å². The van der Waals surface area contributed by atoms with Crippen LogP contribution >= 0.6 is 0 Å². The molecule has 2 N–H and O–H groups in total. The van der Waals surface area contributed by atoms with Gasteiger partial charge < -0.3 is 10.3 Å². The maximum Gasteiger partial charge on any atom is 0.416 e. The van der Waals surface area contributed by atoms with Crippen LogP contribution in [0.3, 0.4) is 0 Å². The number of hydrogen-bond donors (Lipinski definition) is 1. The lowest BCUT2D eigenvalue weighted by atomic mass is 10.1. The molecule has 0 saturated carbocycles. The highest BCUT2D eigenvalue weighted by atomic mass is 19.4. The summed E-state index contributed by atoms with van der Waals surface area (Å²) in [6, 6.07) is 5.39. The van der Waals surface area contributed by atoms with Crippen LogP contribution in [0, 0.1) is 0 Å². The summed E-state index contributed by atoms with van der Waals surface area (Å²) >= 11 is 0. The van der Waals surface area contributed by atoms with E-state index in [4.69, 9.17) is 5.73 Å². The van der Waals surface area contributed by atoms with Crippen LogP contribution in [0.5, 0.6) is 0 Å². The minimum Gasteiger partial charge on any atom is -0.333 e. The van der Waals surface area contributed by atoms with Crippen molar-refractivity contribution in [1.82, 2.24) is 9.55 Å². The van der Waals surface area contributed by atoms with Gasteiger partial charge in [0.15, 0.2) is 0 Å². The Morgan fingerprint density at radius 3 is 2.76 bits per heavy atom. The Bertz CT molecular complexity index is 590. The molecule has 1 heterocycles. The van der Waals surface area contributed by atoms with E-state index < -0.39 is 11.7 Å². The summed E-state index contributed by atoms with van der Waals surface area (Å²) in [5.41, 5.74) is 6.68. The van der Waals surface area contributed by atoms with E-state index in [9.17, 15) is 13.2 Å². The summed E-state index contributed by atoms with van der Waals surface area (Å²) in [6.07, 6.45) is 0.671. The van der Waals surface area contributed by atoms with E-state index in [0.717, 1.165) is 24.2 Å². The first-order valence-electron chi connectivity index (χ1n) is 6.81. The van der Waals surface area contributed by atoms with Gasteiger partial charge in [-0.1, -0.05) is 19.1 Å². The van der Waals surface area contributed by atoms with Gasteiger partial charge >= 0.3 is 6.18 Å². The molecule has 0 aliphatic carbocycles. The minimum atomic E-state index is -4.32. The predicted molar refractivity (Wildman–Crippen MR) is 74.7 cm³/mol. The van der Waals surface area contributed by atoms with Crippen molar-refractivity contribution >= 4 is 0 Å². The first-order valence-corrected chi connectivity index (χ1v) is 6.81. The summed E-state index contributed by atoms with van der Waals surface area (Å²) in [6.45, 7) is 2.36. The van der Waals surface area contributed by atoms with Crippen LogP contribution in [0.15, 0.2) is 36.8 Å². The fourth-order valence-corrected chi connectivity index (χ4v) is 2.07. The minimum absolute atomic E-state index is 0.0573. The normalized spacial score (nSPS) is 13.4. The molecule has 0 aliphatic rings. The Kier molecular flexibility index (Phi) is 4.67. The Hall–Kier alpha value is -1.82. The number of nitrogens with zero attached hydrogens (tertiary/aromatic N) is 2. The number of benzene rings is 1. The lowest BCUT2D eigenvalue weighted by Gasteiger charge is -2.09. The maximum atomic E-state index is 12.7. The van der Waals surface area contributed by atoms with Crippen LogP contribution < -0.4 is 5.73 Å². The monoisotopic (exact) mass is 297 g/mol. The van der Waals surface area contributed by atoms with Gasteiger partial charge in [0.1, 0.15) is 0 Å². The molecule has 0 fully saturated rings. The molecule has 21 heavy (non-hydrogen) atoms. The van der Waals surface area contributed by atoms with Gasteiger partial charge in [-0.15, -0.1) is 0 Å². The molecule has 0 aliphatic heterocycles. The molecule has 114 valence electrons. The maximum absolute atomic E-state index is 12.7. The number of halogens is 3. The van der Waals surface area contributed by atoms with Crippen LogP contribution in [-0.2, 0) is 19.1 Å². The average Bonchev–Trinajstić information content (AvgIpc) is 2.85. The Morgan fingerprint density at radius 1 is 1.33 bits per heavy atom. The molecule has 3 nitrogen and oxygen atoms in total. The van der Waals surface area contributed by atoms with Crippen LogP contribution in [0.2, 0.25) is 0 Å². The summed E-state index contributed by atoms with van der Waals surface area (Å²) in [5, 5.41) is 0. The van der Waals surface area contributed by atoms with Gasteiger partial charge in [-0.25, -0.2) is 4.98 Å². The largest absolute Gasteiger partial charge is 0.416 e. The fourth-order valence-electron chi connectivity index (χ4n) is 2.07. The summed E-state index contributed by atoms with van der Waals surface area (Å²) in [4.78, 5) is 4.23. The van der Waals surface area contributed by atoms with Crippen molar-refractivity contribution in [2.45, 2.75) is 38.5 Å². The first-order chi connectivity index (χ1) is 9.88. The number of rotatable bonds is 5. The molecule has 6 heteroatoms. The molecule has 0 radical (unpaired) electrons. The predicted octanol–water partition coefficient (Wildman–Crippen LogP) is 3.23. The molecule has 1 atom stereocenters. The molecule has 0 saturated heterocycles. The van der Waals surface area contributed by atoms with Gasteiger partial charge in [0.2, 0.25) is 0 Å². The van der Waals surface area contributed by atoms with E-state index in [-0.39, 0.29) is 6.04 Å². The molecular formula is C15H18F3N3. The lowest BCUT2D eigenvalue weighted by molar-refractivity contribution is -0.137. The molecule has 0 spiro atoms. The third-order valence-corrected chi connectivity index (χ3v) is 3.30. The van der Waals surface area contributed by atoms with Crippen molar-refractivity contribution in [3.05, 3.63) is 53.6 Å². The number of hydrogen-bond acceptors (Lipinski definition) is 2. The van der Waals surface area contributed by atoms with E-state index >= 15 is 0 Å². The van der Waals surface area contributed by atoms with Crippen molar-refractivity contribution in [3.8, 4) is 0 Å². The van der Waals surface area contributed by atoms with Gasteiger partial charge in [0, 0.05) is 25.2 Å². The summed E-state index contributed by atoms with van der Waals surface area (Å²) in [5.74, 6) is 0. The fraction of sp³-hybridized carbons (Fsp3) is 0.400. The first kappa shape index (κ1) is 15.6. The van der Waals surface area contributed by atoms with Gasteiger partial charge in [-0.2, -0.15) is 13.2 Å². The van der Waals surface area contributed by atoms with Crippen LogP contribution in [0.1, 0.15) is 30.2 Å². The standard InChI is InChI=1S/C15H18F3N3/c1-2-13(19)7-14-9-21(10-20-14)8-11-4-3-5-12(6-11)15(16,17)18/h3-6,9-10,13H,2,7-8,19H2,1H3. The number of imidazole rings is 1. The quantitative estimate of drug-likeness (QED) is 0.921. The van der Waals surface area contributed by atoms with Crippen molar-refractivity contribution in [2.24, 2.45) is 5.73 Å². The zero-order valence-electron chi connectivity index (χ0n) is 11.8. The Labute approximate surface area is 121 Å². The zero-order valence-corrected chi connectivity index (χ0v) is 11.8. The molecular weight excluding hydrogens is 279 g/mol. The van der Waals surface area contributed by atoms with Gasteiger partial charge in [0.05, 0.1) is 17.6 Å². The molecule has 2 aromatic rings. The van der Waals surface area contributed by atoms with Crippen molar-refractivity contribution < 1.29 is 13.2 Å². The molecule has 1 unspecified atom stereocenters. The van der Waals surface area contributed by atoms with Crippen molar-refractivity contribution in [2.75, 3.05) is 0 Å². The van der Waals surface area contributed by atoms with Crippen molar-refractivity contribution in [3.63, 3.8) is 0 Å². The highest BCUT2D eigenvalue weighted by Crippen LogP contribution is 2.29. The summed E-state index contributed by atoms with van der Waals surface area (Å²) in [7, 11) is 0. The van der Waals surface area contributed by atoms with E-state index in [1.807, 2.05) is 13.1 Å². The van der Waals surface area contributed by atoms with E-state index in [1.54, 1.807) is 17.0 Å². The van der Waals surface area contributed by atoms with Gasteiger partial charge in [0.25, 0.3) is 0 Å². The molecule has 1 aromatic heterocycles. The van der Waals surface area contributed by atoms with Crippen LogP contribution in [0.4, 0.5) is 13.2 Å². The second-order valence-corrected chi connectivity index (χ2v) is 5.11. The zero-order chi connectivity index (χ0) is 15.5. The highest BCUT2D eigenvalue weighted by molar-refractivity contribution is 5.26. The van der Waals surface area contributed by atoms with Gasteiger partial charge in [-0.3, -0.25) is 0 Å². The molecule has 0 bridgehead atoms. The third-order valence-electron chi connectivity index (χ3n) is 3.30. The third kappa shape index (κ3) is 4.32.